The molecule has 240 valence electrons. The van der Waals surface area contributed by atoms with Gasteiger partial charge in [0.05, 0.1) is 22.1 Å². The van der Waals surface area contributed by atoms with Gasteiger partial charge in [-0.2, -0.15) is 15.0 Å². The maximum absolute atomic E-state index is 5.37. The Hall–Kier alpha value is -7.11. The van der Waals surface area contributed by atoms with Gasteiger partial charge < -0.3 is 0 Å². The molecule has 3 heterocycles. The van der Waals surface area contributed by atoms with Crippen LogP contribution in [0, 0.1) is 0 Å². The molecule has 3 aromatic heterocycles. The highest BCUT2D eigenvalue weighted by atomic mass is 15.3. The molecule has 0 saturated carbocycles. The van der Waals surface area contributed by atoms with Crippen LogP contribution in [0.25, 0.3) is 111 Å². The first kappa shape index (κ1) is 27.7. The van der Waals surface area contributed by atoms with E-state index in [4.69, 9.17) is 15.0 Å². The van der Waals surface area contributed by atoms with E-state index in [-0.39, 0.29) is 0 Å². The average molecular weight is 662 g/mol. The van der Waals surface area contributed by atoms with E-state index in [1.807, 2.05) is 0 Å². The fraction of sp³-hybridized carbons (Fsp3) is 0. The number of benzene rings is 8. The van der Waals surface area contributed by atoms with Crippen molar-refractivity contribution in [2.45, 2.75) is 0 Å². The molecular formula is C47H27N5. The monoisotopic (exact) mass is 661 g/mol. The molecule has 0 saturated heterocycles. The molecule has 1 aliphatic carbocycles. The second-order valence-corrected chi connectivity index (χ2v) is 13.6. The zero-order valence-electron chi connectivity index (χ0n) is 27.8. The maximum Gasteiger partial charge on any atom is 0.240 e. The van der Waals surface area contributed by atoms with Gasteiger partial charge in [-0.25, -0.2) is 0 Å². The second kappa shape index (κ2) is 10.2. The predicted octanol–water partition coefficient (Wildman–Crippen LogP) is 11.7. The van der Waals surface area contributed by atoms with E-state index in [1.54, 1.807) is 0 Å². The summed E-state index contributed by atoms with van der Waals surface area (Å²) < 4.78 is 4.38. The van der Waals surface area contributed by atoms with Gasteiger partial charge in [-0.1, -0.05) is 121 Å². The highest BCUT2D eigenvalue weighted by Gasteiger charge is 2.26. The highest BCUT2D eigenvalue weighted by Crippen LogP contribution is 2.50. The lowest BCUT2D eigenvalue weighted by atomic mass is 9.98. The Balaban J connectivity index is 1.18. The Labute approximate surface area is 297 Å². The molecule has 0 N–H and O–H groups in total. The summed E-state index contributed by atoms with van der Waals surface area (Å²) in [5, 5.41) is 9.50. The van der Waals surface area contributed by atoms with Crippen LogP contribution >= 0.6 is 0 Å². The number of fused-ring (bicyclic) bond motifs is 10. The van der Waals surface area contributed by atoms with Crippen molar-refractivity contribution in [1.82, 2.24) is 24.1 Å². The van der Waals surface area contributed by atoms with Crippen molar-refractivity contribution in [3.8, 4) is 45.5 Å². The minimum absolute atomic E-state index is 0.581. The predicted molar refractivity (Wildman–Crippen MR) is 213 cm³/mol. The zero-order chi connectivity index (χ0) is 33.9. The third-order valence-electron chi connectivity index (χ3n) is 10.9. The van der Waals surface area contributed by atoms with E-state index in [0.717, 1.165) is 54.6 Å². The number of hydrogen-bond donors (Lipinski definition) is 0. The molecule has 5 heteroatoms. The average Bonchev–Trinajstić information content (AvgIpc) is 3.83. The van der Waals surface area contributed by atoms with Crippen molar-refractivity contribution in [1.29, 1.82) is 0 Å². The fourth-order valence-electron chi connectivity index (χ4n) is 8.69. The normalized spacial score (nSPS) is 12.2. The Bertz CT molecular complexity index is 3020. The van der Waals surface area contributed by atoms with Gasteiger partial charge >= 0.3 is 0 Å². The Morgan fingerprint density at radius 2 is 0.712 bits per heavy atom. The van der Waals surface area contributed by atoms with Gasteiger partial charge in [-0.05, 0) is 86.3 Å². The molecular weight excluding hydrogens is 635 g/mol. The van der Waals surface area contributed by atoms with E-state index in [1.165, 1.54) is 38.4 Å². The van der Waals surface area contributed by atoms with Crippen LogP contribution in [-0.4, -0.2) is 24.1 Å². The molecule has 0 unspecified atom stereocenters. The van der Waals surface area contributed by atoms with Gasteiger partial charge in [0.15, 0.2) is 5.82 Å². The molecule has 0 fully saturated rings. The summed E-state index contributed by atoms with van der Waals surface area (Å²) in [6, 6.07) is 58.4. The van der Waals surface area contributed by atoms with E-state index in [9.17, 15) is 0 Å². The first-order valence-electron chi connectivity index (χ1n) is 17.6. The number of nitrogens with zero attached hydrogens (tertiary/aromatic N) is 5. The van der Waals surface area contributed by atoms with Gasteiger partial charge in [0.1, 0.15) is 0 Å². The van der Waals surface area contributed by atoms with E-state index in [2.05, 4.69) is 173 Å². The minimum Gasteiger partial charge on any atom is -0.278 e. The summed E-state index contributed by atoms with van der Waals surface area (Å²) in [6.45, 7) is 0. The molecule has 0 atom stereocenters. The number of aromatic nitrogens is 5. The quantitative estimate of drug-likeness (QED) is 0.189. The van der Waals surface area contributed by atoms with Crippen molar-refractivity contribution in [2.24, 2.45) is 0 Å². The van der Waals surface area contributed by atoms with Crippen LogP contribution in [-0.2, 0) is 0 Å². The van der Waals surface area contributed by atoms with Gasteiger partial charge in [0.2, 0.25) is 11.9 Å². The molecule has 52 heavy (non-hydrogen) atoms. The van der Waals surface area contributed by atoms with Gasteiger partial charge in [0, 0.05) is 27.1 Å². The van der Waals surface area contributed by atoms with Crippen LogP contribution in [0.4, 0.5) is 0 Å². The van der Waals surface area contributed by atoms with Crippen LogP contribution in [0.5, 0.6) is 0 Å². The lowest BCUT2D eigenvalue weighted by Gasteiger charge is -2.14. The molecule has 5 nitrogen and oxygen atoms in total. The van der Waals surface area contributed by atoms with Crippen molar-refractivity contribution in [2.75, 3.05) is 0 Å². The number of para-hydroxylation sites is 4. The molecule has 0 aliphatic heterocycles. The first-order valence-corrected chi connectivity index (χ1v) is 17.6. The van der Waals surface area contributed by atoms with Gasteiger partial charge in [0.25, 0.3) is 0 Å². The molecule has 0 amide bonds. The van der Waals surface area contributed by atoms with Crippen molar-refractivity contribution in [3.63, 3.8) is 0 Å². The third kappa shape index (κ3) is 3.69. The number of hydrogen-bond acceptors (Lipinski definition) is 3. The molecule has 0 radical (unpaired) electrons. The number of rotatable bonds is 3. The van der Waals surface area contributed by atoms with Crippen LogP contribution in [0.3, 0.4) is 0 Å². The Morgan fingerprint density at radius 3 is 1.21 bits per heavy atom. The van der Waals surface area contributed by atoms with E-state index < -0.39 is 0 Å². The zero-order valence-corrected chi connectivity index (χ0v) is 27.8. The lowest BCUT2D eigenvalue weighted by molar-refractivity contribution is 0.893. The standard InChI is InChI=1S/C47H27N5/c1-2-13-29-27-39-36-24-25-37(34-18-11-19-35(44(34)36)38(39)26-28(29)12-1)45-48-46(51-40-20-7-3-14-30(40)31-15-4-8-21-41(31)51)50-47(49-45)52-42-22-9-5-16-32(42)33-17-6-10-23-43(33)52/h1-27H. The smallest absolute Gasteiger partial charge is 0.240 e. The Morgan fingerprint density at radius 1 is 0.308 bits per heavy atom. The molecule has 12 rings (SSSR count). The van der Waals surface area contributed by atoms with Crippen molar-refractivity contribution in [3.05, 3.63) is 164 Å². The summed E-state index contributed by atoms with van der Waals surface area (Å²) >= 11 is 0. The van der Waals surface area contributed by atoms with Gasteiger partial charge in [-0.3, -0.25) is 9.13 Å². The largest absolute Gasteiger partial charge is 0.278 e. The second-order valence-electron chi connectivity index (χ2n) is 13.6. The Kier molecular flexibility index (Phi) is 5.44. The SMILES string of the molecule is c1ccc2cc3c(cc2c1)-c1cccc2c(-c4nc(-n5c6ccccc6c6ccccc65)nc(-n5c6ccccc6c6ccccc65)n4)ccc-3c12. The van der Waals surface area contributed by atoms with Crippen LogP contribution in [0.15, 0.2) is 164 Å². The highest BCUT2D eigenvalue weighted by molar-refractivity contribution is 6.20. The maximum atomic E-state index is 5.37. The molecule has 0 spiro atoms. The van der Waals surface area contributed by atoms with E-state index in [0.29, 0.717) is 17.7 Å². The molecule has 8 aromatic carbocycles. The van der Waals surface area contributed by atoms with Crippen molar-refractivity contribution >= 4 is 65.2 Å². The molecule has 1 aliphatic rings. The lowest BCUT2D eigenvalue weighted by Crippen LogP contribution is -2.10. The topological polar surface area (TPSA) is 48.5 Å². The summed E-state index contributed by atoms with van der Waals surface area (Å²) in [7, 11) is 0. The summed E-state index contributed by atoms with van der Waals surface area (Å²) in [5.74, 6) is 1.79. The summed E-state index contributed by atoms with van der Waals surface area (Å²) in [4.78, 5) is 16.1. The fourth-order valence-corrected chi connectivity index (χ4v) is 8.69. The van der Waals surface area contributed by atoms with Crippen LogP contribution in [0.1, 0.15) is 0 Å². The molecule has 0 bridgehead atoms. The van der Waals surface area contributed by atoms with Crippen LogP contribution < -0.4 is 0 Å². The third-order valence-corrected chi connectivity index (χ3v) is 10.9. The first-order chi connectivity index (χ1) is 25.8. The summed E-state index contributed by atoms with van der Waals surface area (Å²) in [6.07, 6.45) is 0. The van der Waals surface area contributed by atoms with Crippen LogP contribution in [0.2, 0.25) is 0 Å². The molecule has 11 aromatic rings. The summed E-state index contributed by atoms with van der Waals surface area (Å²) in [5.41, 5.74) is 10.2. The van der Waals surface area contributed by atoms with E-state index >= 15 is 0 Å². The minimum atomic E-state index is 0.581. The van der Waals surface area contributed by atoms with Gasteiger partial charge in [-0.15, -0.1) is 0 Å². The van der Waals surface area contributed by atoms with Crippen molar-refractivity contribution < 1.29 is 0 Å².